The molecule has 0 radical (unpaired) electrons. The Morgan fingerprint density at radius 2 is 1.76 bits per heavy atom. The standard InChI is InChI=1S/C12H16FN3O4S/c1-9(17)15-16-12(18)3-2-8-14-21(19,20)11-6-4-10(13)5-7-11/h4-7,14H,2-3,8H2,1H3,(H,15,17)(H,16,18). The SMILES string of the molecule is CC(=O)NNC(=O)CCCNS(=O)(=O)c1ccc(F)cc1. The number of nitrogens with one attached hydrogen (secondary N) is 3. The van der Waals surface area contributed by atoms with E-state index in [1.807, 2.05) is 0 Å². The van der Waals surface area contributed by atoms with Gasteiger partial charge in [0, 0.05) is 19.9 Å². The van der Waals surface area contributed by atoms with Crippen LogP contribution in [0.3, 0.4) is 0 Å². The third-order valence-electron chi connectivity index (χ3n) is 2.37. The van der Waals surface area contributed by atoms with Crippen molar-refractivity contribution in [3.63, 3.8) is 0 Å². The lowest BCUT2D eigenvalue weighted by Crippen LogP contribution is -2.40. The van der Waals surface area contributed by atoms with Crippen molar-refractivity contribution in [2.24, 2.45) is 0 Å². The summed E-state index contributed by atoms with van der Waals surface area (Å²) in [6.07, 6.45) is 0.304. The minimum Gasteiger partial charge on any atom is -0.274 e. The number of amides is 2. The van der Waals surface area contributed by atoms with E-state index in [0.717, 1.165) is 24.3 Å². The predicted octanol–water partition coefficient (Wildman–Crippen LogP) is 0.0515. The summed E-state index contributed by atoms with van der Waals surface area (Å²) in [5.74, 6) is -1.35. The van der Waals surface area contributed by atoms with Crippen LogP contribution >= 0.6 is 0 Å². The molecule has 0 fully saturated rings. The largest absolute Gasteiger partial charge is 0.274 e. The second-order valence-corrected chi connectivity index (χ2v) is 5.95. The molecule has 0 unspecified atom stereocenters. The van der Waals surface area contributed by atoms with E-state index in [2.05, 4.69) is 15.6 Å². The Morgan fingerprint density at radius 3 is 2.33 bits per heavy atom. The molecule has 1 rings (SSSR count). The van der Waals surface area contributed by atoms with Crippen LogP contribution < -0.4 is 15.6 Å². The van der Waals surface area contributed by atoms with Crippen molar-refractivity contribution in [2.45, 2.75) is 24.7 Å². The van der Waals surface area contributed by atoms with Crippen LogP contribution in [0, 0.1) is 5.82 Å². The monoisotopic (exact) mass is 317 g/mol. The molecule has 0 aliphatic rings. The van der Waals surface area contributed by atoms with Gasteiger partial charge in [0.2, 0.25) is 21.8 Å². The van der Waals surface area contributed by atoms with Gasteiger partial charge in [0.05, 0.1) is 4.90 Å². The van der Waals surface area contributed by atoms with Gasteiger partial charge in [0.15, 0.2) is 0 Å². The van der Waals surface area contributed by atoms with Crippen LogP contribution in [0.4, 0.5) is 4.39 Å². The van der Waals surface area contributed by atoms with Gasteiger partial charge in [-0.05, 0) is 30.7 Å². The summed E-state index contributed by atoms with van der Waals surface area (Å²) in [7, 11) is -3.72. The molecule has 0 aromatic heterocycles. The summed E-state index contributed by atoms with van der Waals surface area (Å²) in [5.41, 5.74) is 4.28. The number of carbonyl (C=O) groups is 2. The van der Waals surface area contributed by atoms with E-state index in [1.54, 1.807) is 0 Å². The first-order chi connectivity index (χ1) is 9.81. The highest BCUT2D eigenvalue weighted by atomic mass is 32.2. The fraction of sp³-hybridized carbons (Fsp3) is 0.333. The topological polar surface area (TPSA) is 104 Å². The van der Waals surface area contributed by atoms with Gasteiger partial charge in [0.25, 0.3) is 0 Å². The first-order valence-corrected chi connectivity index (χ1v) is 7.60. The maximum Gasteiger partial charge on any atom is 0.240 e. The second-order valence-electron chi connectivity index (χ2n) is 4.18. The zero-order valence-corrected chi connectivity index (χ0v) is 12.2. The molecule has 1 aromatic rings. The molecule has 0 saturated heterocycles. The lowest BCUT2D eigenvalue weighted by atomic mass is 10.3. The summed E-state index contributed by atoms with van der Waals surface area (Å²) in [5, 5.41) is 0. The van der Waals surface area contributed by atoms with E-state index in [4.69, 9.17) is 0 Å². The van der Waals surface area contributed by atoms with Crippen LogP contribution in [0.25, 0.3) is 0 Å². The normalized spacial score (nSPS) is 11.0. The van der Waals surface area contributed by atoms with E-state index in [-0.39, 0.29) is 24.3 Å². The summed E-state index contributed by atoms with van der Waals surface area (Å²) in [6.45, 7) is 1.30. The van der Waals surface area contributed by atoms with Gasteiger partial charge in [-0.2, -0.15) is 0 Å². The molecule has 2 amide bonds. The number of carbonyl (C=O) groups excluding carboxylic acids is 2. The van der Waals surface area contributed by atoms with Crippen molar-refractivity contribution in [1.82, 2.24) is 15.6 Å². The second kappa shape index (κ2) is 7.70. The minimum atomic E-state index is -3.72. The fourth-order valence-corrected chi connectivity index (χ4v) is 2.45. The average Bonchev–Trinajstić information content (AvgIpc) is 2.42. The van der Waals surface area contributed by atoms with E-state index in [0.29, 0.717) is 0 Å². The molecule has 0 heterocycles. The van der Waals surface area contributed by atoms with Crippen molar-refractivity contribution >= 4 is 21.8 Å². The molecule has 116 valence electrons. The van der Waals surface area contributed by atoms with E-state index in [1.165, 1.54) is 6.92 Å². The van der Waals surface area contributed by atoms with Gasteiger partial charge in [0.1, 0.15) is 5.82 Å². The summed E-state index contributed by atoms with van der Waals surface area (Å²) >= 11 is 0. The third-order valence-corrected chi connectivity index (χ3v) is 3.85. The zero-order chi connectivity index (χ0) is 15.9. The minimum absolute atomic E-state index is 0.0478. The van der Waals surface area contributed by atoms with Gasteiger partial charge < -0.3 is 0 Å². The molecule has 3 N–H and O–H groups in total. The fourth-order valence-electron chi connectivity index (χ4n) is 1.37. The highest BCUT2D eigenvalue weighted by molar-refractivity contribution is 7.89. The molecule has 9 heteroatoms. The number of hydrogen-bond donors (Lipinski definition) is 3. The van der Waals surface area contributed by atoms with Gasteiger partial charge in [-0.3, -0.25) is 20.4 Å². The van der Waals surface area contributed by atoms with E-state index in [9.17, 15) is 22.4 Å². The van der Waals surface area contributed by atoms with Crippen molar-refractivity contribution in [2.75, 3.05) is 6.54 Å². The zero-order valence-electron chi connectivity index (χ0n) is 11.3. The number of rotatable bonds is 6. The Bertz CT molecular complexity index is 601. The molecule has 0 aliphatic heterocycles. The Balaban J connectivity index is 2.36. The number of benzene rings is 1. The van der Waals surface area contributed by atoms with Crippen LogP contribution in [0.2, 0.25) is 0 Å². The maximum atomic E-state index is 12.7. The van der Waals surface area contributed by atoms with Crippen LogP contribution in [-0.4, -0.2) is 26.8 Å². The van der Waals surface area contributed by atoms with Crippen molar-refractivity contribution in [3.05, 3.63) is 30.1 Å². The molecule has 0 aliphatic carbocycles. The molecule has 0 spiro atoms. The molecule has 21 heavy (non-hydrogen) atoms. The van der Waals surface area contributed by atoms with Gasteiger partial charge in [-0.1, -0.05) is 0 Å². The van der Waals surface area contributed by atoms with Crippen molar-refractivity contribution < 1.29 is 22.4 Å². The average molecular weight is 317 g/mol. The molecule has 7 nitrogen and oxygen atoms in total. The molecule has 0 saturated carbocycles. The molecule has 0 bridgehead atoms. The molecule has 1 aromatic carbocycles. The highest BCUT2D eigenvalue weighted by Gasteiger charge is 2.13. The first kappa shape index (κ1) is 17.1. The van der Waals surface area contributed by atoms with Crippen LogP contribution in [-0.2, 0) is 19.6 Å². The lowest BCUT2D eigenvalue weighted by Gasteiger charge is -2.07. The summed E-state index contributed by atoms with van der Waals surface area (Å²) < 4.78 is 38.6. The first-order valence-electron chi connectivity index (χ1n) is 6.12. The Kier molecular flexibility index (Phi) is 6.25. The van der Waals surface area contributed by atoms with E-state index < -0.39 is 27.7 Å². The lowest BCUT2D eigenvalue weighted by molar-refractivity contribution is -0.127. The Morgan fingerprint density at radius 1 is 1.14 bits per heavy atom. The van der Waals surface area contributed by atoms with Gasteiger partial charge >= 0.3 is 0 Å². The quantitative estimate of drug-likeness (QED) is 0.509. The molecular weight excluding hydrogens is 301 g/mol. The number of hydrazine groups is 1. The van der Waals surface area contributed by atoms with Gasteiger partial charge in [-0.15, -0.1) is 0 Å². The smallest absolute Gasteiger partial charge is 0.240 e. The summed E-state index contributed by atoms with van der Waals surface area (Å²) in [6, 6.07) is 4.41. The predicted molar refractivity (Wildman–Crippen MR) is 72.8 cm³/mol. The number of sulfonamides is 1. The van der Waals surface area contributed by atoms with Gasteiger partial charge in [-0.25, -0.2) is 17.5 Å². The Labute approximate surface area is 121 Å². The highest BCUT2D eigenvalue weighted by Crippen LogP contribution is 2.09. The van der Waals surface area contributed by atoms with Crippen molar-refractivity contribution in [1.29, 1.82) is 0 Å². The molecular formula is C12H16FN3O4S. The van der Waals surface area contributed by atoms with Crippen LogP contribution in [0.15, 0.2) is 29.2 Å². The Hall–Kier alpha value is -2.00. The number of halogens is 1. The van der Waals surface area contributed by atoms with Crippen LogP contribution in [0.5, 0.6) is 0 Å². The summed E-state index contributed by atoms with van der Waals surface area (Å²) in [4.78, 5) is 21.7. The van der Waals surface area contributed by atoms with E-state index >= 15 is 0 Å². The maximum absolute atomic E-state index is 12.7. The number of hydrogen-bond acceptors (Lipinski definition) is 4. The molecule has 0 atom stereocenters. The van der Waals surface area contributed by atoms with Crippen LogP contribution in [0.1, 0.15) is 19.8 Å². The van der Waals surface area contributed by atoms with Crippen molar-refractivity contribution in [3.8, 4) is 0 Å². The third kappa shape index (κ3) is 6.32.